The average molecular weight is 507 g/mol. The molecule has 0 aliphatic carbocycles. The topological polar surface area (TPSA) is 78.3 Å². The van der Waals surface area contributed by atoms with Crippen LogP contribution in [0.25, 0.3) is 22.8 Å². The van der Waals surface area contributed by atoms with Gasteiger partial charge in [-0.15, -0.1) is 13.2 Å². The fourth-order valence-electron chi connectivity index (χ4n) is 3.12. The van der Waals surface area contributed by atoms with E-state index in [2.05, 4.69) is 20.1 Å². The molecule has 0 saturated heterocycles. The minimum absolute atomic E-state index is 0.0886. The molecule has 4 aromatic rings. The van der Waals surface area contributed by atoms with E-state index in [1.165, 1.54) is 47.1 Å². The molecule has 1 heterocycles. The zero-order valence-electron chi connectivity index (χ0n) is 17.8. The number of benzene rings is 3. The molecule has 0 atom stereocenters. The van der Waals surface area contributed by atoms with Crippen molar-refractivity contribution < 1.29 is 31.8 Å². The number of carbonyl (C=O) groups is 1. The van der Waals surface area contributed by atoms with Crippen molar-refractivity contribution in [3.8, 4) is 34.3 Å². The summed E-state index contributed by atoms with van der Waals surface area (Å²) in [7, 11) is 1.64. The van der Waals surface area contributed by atoms with E-state index >= 15 is 0 Å². The van der Waals surface area contributed by atoms with E-state index in [0.29, 0.717) is 11.4 Å². The van der Waals surface area contributed by atoms with Crippen LogP contribution >= 0.6 is 11.6 Å². The Hall–Kier alpha value is -4.12. The standard InChI is InChI=1S/C23H15ClF4N4O3/c1-32-21(30-20(31-32)19-17(24)3-2-4-18(19)25)13-5-9-15(10-6-13)34-22(33)29-14-7-11-16(12-8-14)35-23(26,27)28/h2-12H,1H3,(H,29,33). The van der Waals surface area contributed by atoms with Crippen molar-refractivity contribution in [2.24, 2.45) is 7.05 Å². The van der Waals surface area contributed by atoms with Crippen LogP contribution in [0.5, 0.6) is 11.5 Å². The Morgan fingerprint density at radius 3 is 2.29 bits per heavy atom. The van der Waals surface area contributed by atoms with Crippen LogP contribution in [0.1, 0.15) is 0 Å². The number of ether oxygens (including phenoxy) is 2. The van der Waals surface area contributed by atoms with Crippen molar-refractivity contribution >= 4 is 23.4 Å². The lowest BCUT2D eigenvalue weighted by molar-refractivity contribution is -0.274. The quantitative estimate of drug-likeness (QED) is 0.315. The maximum atomic E-state index is 14.2. The largest absolute Gasteiger partial charge is 0.573 e. The predicted octanol–water partition coefficient (Wildman–Crippen LogP) is 6.45. The van der Waals surface area contributed by atoms with Crippen molar-refractivity contribution in [2.75, 3.05) is 5.32 Å². The highest BCUT2D eigenvalue weighted by atomic mass is 35.5. The molecule has 180 valence electrons. The van der Waals surface area contributed by atoms with E-state index in [4.69, 9.17) is 16.3 Å². The molecule has 1 amide bonds. The molecule has 7 nitrogen and oxygen atoms in total. The molecule has 1 N–H and O–H groups in total. The lowest BCUT2D eigenvalue weighted by atomic mass is 10.2. The highest BCUT2D eigenvalue weighted by Gasteiger charge is 2.31. The predicted molar refractivity (Wildman–Crippen MR) is 120 cm³/mol. The summed E-state index contributed by atoms with van der Waals surface area (Å²) in [6, 6.07) is 15.2. The van der Waals surface area contributed by atoms with Crippen LogP contribution in [-0.2, 0) is 7.05 Å². The Bertz CT molecular complexity index is 1340. The highest BCUT2D eigenvalue weighted by molar-refractivity contribution is 6.33. The Labute approximate surface area is 200 Å². The van der Waals surface area contributed by atoms with Gasteiger partial charge in [-0.05, 0) is 60.7 Å². The minimum Gasteiger partial charge on any atom is -0.410 e. The summed E-state index contributed by atoms with van der Waals surface area (Å²) in [5, 5.41) is 6.81. The number of carbonyl (C=O) groups excluding carboxylic acids is 1. The first-order valence-corrected chi connectivity index (χ1v) is 10.3. The van der Waals surface area contributed by atoms with Gasteiger partial charge in [0.2, 0.25) is 0 Å². The smallest absolute Gasteiger partial charge is 0.410 e. The van der Waals surface area contributed by atoms with Crippen molar-refractivity contribution in [2.45, 2.75) is 6.36 Å². The third kappa shape index (κ3) is 5.87. The molecule has 0 aliphatic heterocycles. The molecule has 1 aromatic heterocycles. The second-order valence-electron chi connectivity index (χ2n) is 7.09. The normalized spacial score (nSPS) is 11.3. The number of nitrogens with zero attached hydrogens (tertiary/aromatic N) is 3. The number of rotatable bonds is 5. The summed E-state index contributed by atoms with van der Waals surface area (Å²) in [6.07, 6.45) is -5.66. The van der Waals surface area contributed by atoms with E-state index in [9.17, 15) is 22.4 Å². The fourth-order valence-corrected chi connectivity index (χ4v) is 3.36. The van der Waals surface area contributed by atoms with Gasteiger partial charge in [0.15, 0.2) is 11.6 Å². The van der Waals surface area contributed by atoms with E-state index in [1.54, 1.807) is 19.2 Å². The fraction of sp³-hybridized carbons (Fsp3) is 0.0870. The Morgan fingerprint density at radius 2 is 1.66 bits per heavy atom. The van der Waals surface area contributed by atoms with Gasteiger partial charge in [-0.3, -0.25) is 5.32 Å². The zero-order chi connectivity index (χ0) is 25.2. The van der Waals surface area contributed by atoms with Crippen LogP contribution in [0.3, 0.4) is 0 Å². The van der Waals surface area contributed by atoms with Gasteiger partial charge in [0.1, 0.15) is 17.3 Å². The number of halogens is 5. The molecule has 3 aromatic carbocycles. The lowest BCUT2D eigenvalue weighted by Gasteiger charge is -2.10. The molecule has 0 aliphatic rings. The molecule has 4 rings (SSSR count). The molecule has 12 heteroatoms. The Morgan fingerprint density at radius 1 is 1.00 bits per heavy atom. The molecule has 0 unspecified atom stereocenters. The van der Waals surface area contributed by atoms with Crippen LogP contribution in [0.15, 0.2) is 66.7 Å². The number of aryl methyl sites for hydroxylation is 1. The summed E-state index contributed by atoms with van der Waals surface area (Å²) in [5.41, 5.74) is 0.914. The van der Waals surface area contributed by atoms with Gasteiger partial charge in [-0.2, -0.15) is 5.10 Å². The molecule has 0 saturated carbocycles. The summed E-state index contributed by atoms with van der Waals surface area (Å²) in [6.45, 7) is 0. The van der Waals surface area contributed by atoms with Gasteiger partial charge >= 0.3 is 12.5 Å². The second-order valence-corrected chi connectivity index (χ2v) is 7.50. The first-order valence-electron chi connectivity index (χ1n) is 9.89. The number of nitrogens with one attached hydrogen (secondary N) is 1. The lowest BCUT2D eigenvalue weighted by Crippen LogP contribution is -2.18. The van der Waals surface area contributed by atoms with Gasteiger partial charge in [0, 0.05) is 18.3 Å². The molecule has 0 bridgehead atoms. The van der Waals surface area contributed by atoms with Gasteiger partial charge in [0.05, 0.1) is 10.6 Å². The van der Waals surface area contributed by atoms with Crippen LogP contribution in [0.2, 0.25) is 5.02 Å². The Kier molecular flexibility index (Phi) is 6.61. The summed E-state index contributed by atoms with van der Waals surface area (Å²) < 4.78 is 61.3. The van der Waals surface area contributed by atoms with E-state index < -0.39 is 24.0 Å². The van der Waals surface area contributed by atoms with Crippen LogP contribution in [0.4, 0.5) is 28.0 Å². The number of aromatic nitrogens is 3. The van der Waals surface area contributed by atoms with Gasteiger partial charge in [-0.25, -0.2) is 18.9 Å². The maximum Gasteiger partial charge on any atom is 0.573 e. The summed E-state index contributed by atoms with van der Waals surface area (Å²) >= 11 is 6.10. The molecular formula is C23H15ClF4N4O3. The summed E-state index contributed by atoms with van der Waals surface area (Å²) in [4.78, 5) is 16.5. The third-order valence-electron chi connectivity index (χ3n) is 4.61. The monoisotopic (exact) mass is 506 g/mol. The third-order valence-corrected chi connectivity index (χ3v) is 4.92. The molecular weight excluding hydrogens is 492 g/mol. The molecule has 35 heavy (non-hydrogen) atoms. The van der Waals surface area contributed by atoms with E-state index in [0.717, 1.165) is 12.1 Å². The number of amides is 1. The maximum absolute atomic E-state index is 14.2. The van der Waals surface area contributed by atoms with Crippen molar-refractivity contribution in [3.63, 3.8) is 0 Å². The van der Waals surface area contributed by atoms with Crippen LogP contribution in [0, 0.1) is 5.82 Å². The Balaban J connectivity index is 1.42. The minimum atomic E-state index is -4.81. The van der Waals surface area contributed by atoms with E-state index in [-0.39, 0.29) is 27.8 Å². The van der Waals surface area contributed by atoms with Crippen LogP contribution < -0.4 is 14.8 Å². The number of hydrogen-bond donors (Lipinski definition) is 1. The first-order chi connectivity index (χ1) is 16.6. The number of alkyl halides is 3. The van der Waals surface area contributed by atoms with Crippen molar-refractivity contribution in [3.05, 3.63) is 77.6 Å². The van der Waals surface area contributed by atoms with Crippen molar-refractivity contribution in [1.29, 1.82) is 0 Å². The molecule has 0 fully saturated rings. The average Bonchev–Trinajstić information content (AvgIpc) is 3.15. The van der Waals surface area contributed by atoms with Gasteiger partial charge in [-0.1, -0.05) is 17.7 Å². The number of hydrogen-bond acceptors (Lipinski definition) is 5. The number of anilines is 1. The van der Waals surface area contributed by atoms with Gasteiger partial charge in [0.25, 0.3) is 0 Å². The molecule has 0 radical (unpaired) electrons. The SMILES string of the molecule is Cn1nc(-c2c(F)cccc2Cl)nc1-c1ccc(OC(=O)Nc2ccc(OC(F)(F)F)cc2)cc1. The summed E-state index contributed by atoms with van der Waals surface area (Å²) in [5.74, 6) is -0.223. The highest BCUT2D eigenvalue weighted by Crippen LogP contribution is 2.30. The van der Waals surface area contributed by atoms with E-state index in [1.807, 2.05) is 0 Å². The first kappa shape index (κ1) is 24.0. The second kappa shape index (κ2) is 9.63. The molecule has 0 spiro atoms. The van der Waals surface area contributed by atoms with Crippen molar-refractivity contribution in [1.82, 2.24) is 14.8 Å². The zero-order valence-corrected chi connectivity index (χ0v) is 18.6. The van der Waals surface area contributed by atoms with Crippen LogP contribution in [-0.4, -0.2) is 27.2 Å². The van der Waals surface area contributed by atoms with Gasteiger partial charge < -0.3 is 9.47 Å².